The summed E-state index contributed by atoms with van der Waals surface area (Å²) in [5, 5.41) is 0.697. The fourth-order valence-corrected chi connectivity index (χ4v) is 2.04. The molecule has 2 nitrogen and oxygen atoms in total. The molecule has 1 aromatic heterocycles. The zero-order valence-corrected chi connectivity index (χ0v) is 10.4. The quantitative estimate of drug-likeness (QED) is 0.743. The molecule has 0 fully saturated rings. The molecule has 4 heteroatoms. The van der Waals surface area contributed by atoms with E-state index in [0.717, 1.165) is 17.0 Å². The molecule has 0 N–H and O–H groups in total. The van der Waals surface area contributed by atoms with Crippen LogP contribution in [0.25, 0.3) is 11.3 Å². The van der Waals surface area contributed by atoms with E-state index in [4.69, 9.17) is 11.6 Å². The maximum Gasteiger partial charge on any atom is 0.197 e. The van der Waals surface area contributed by atoms with Crippen molar-refractivity contribution in [1.82, 2.24) is 9.97 Å². The second-order valence-corrected chi connectivity index (χ2v) is 4.26. The van der Waals surface area contributed by atoms with E-state index < -0.39 is 0 Å². The minimum atomic E-state index is 0.581. The standard InChI is InChI=1S/C11H8BrClN2/c1-7-6-10(15-11(12)14-7)8-4-2-3-5-9(8)13/h2-6H,1H3. The Morgan fingerprint density at radius 2 is 1.93 bits per heavy atom. The Hall–Kier alpha value is -0.930. The molecule has 0 unspecified atom stereocenters. The van der Waals surface area contributed by atoms with Gasteiger partial charge in [0, 0.05) is 16.3 Å². The monoisotopic (exact) mass is 282 g/mol. The molecule has 2 aromatic rings. The average molecular weight is 284 g/mol. The normalized spacial score (nSPS) is 10.3. The third-order valence-electron chi connectivity index (χ3n) is 1.98. The summed E-state index contributed by atoms with van der Waals surface area (Å²) in [7, 11) is 0. The molecule has 0 aliphatic carbocycles. The zero-order chi connectivity index (χ0) is 10.8. The molecule has 1 aromatic carbocycles. The molecule has 0 radical (unpaired) electrons. The molecule has 0 saturated heterocycles. The molecule has 0 aliphatic rings. The van der Waals surface area contributed by atoms with Gasteiger partial charge >= 0.3 is 0 Å². The summed E-state index contributed by atoms with van der Waals surface area (Å²) in [4.78, 5) is 8.44. The van der Waals surface area contributed by atoms with Gasteiger partial charge in [0.25, 0.3) is 0 Å². The number of nitrogens with zero attached hydrogens (tertiary/aromatic N) is 2. The highest BCUT2D eigenvalue weighted by atomic mass is 79.9. The summed E-state index contributed by atoms with van der Waals surface area (Å²) >= 11 is 9.36. The lowest BCUT2D eigenvalue weighted by molar-refractivity contribution is 1.06. The van der Waals surface area contributed by atoms with E-state index in [1.54, 1.807) is 0 Å². The molecule has 2 rings (SSSR count). The van der Waals surface area contributed by atoms with Gasteiger partial charge < -0.3 is 0 Å². The van der Waals surface area contributed by atoms with Gasteiger partial charge in [-0.3, -0.25) is 0 Å². The molecule has 0 spiro atoms. The lowest BCUT2D eigenvalue weighted by Crippen LogP contribution is -1.91. The second-order valence-electron chi connectivity index (χ2n) is 3.14. The van der Waals surface area contributed by atoms with Gasteiger partial charge in [-0.25, -0.2) is 9.97 Å². The number of rotatable bonds is 1. The van der Waals surface area contributed by atoms with Crippen LogP contribution < -0.4 is 0 Å². The van der Waals surface area contributed by atoms with Gasteiger partial charge in [-0.05, 0) is 35.0 Å². The fraction of sp³-hybridized carbons (Fsp3) is 0.0909. The average Bonchev–Trinajstić information content (AvgIpc) is 2.16. The number of aromatic nitrogens is 2. The first-order valence-electron chi connectivity index (χ1n) is 4.43. The van der Waals surface area contributed by atoms with Crippen LogP contribution in [0.15, 0.2) is 35.1 Å². The topological polar surface area (TPSA) is 25.8 Å². The summed E-state index contributed by atoms with van der Waals surface area (Å²) in [6.45, 7) is 1.92. The molecule has 1 heterocycles. The zero-order valence-electron chi connectivity index (χ0n) is 8.04. The van der Waals surface area contributed by atoms with Crippen molar-refractivity contribution >= 4 is 27.5 Å². The summed E-state index contributed by atoms with van der Waals surface area (Å²) < 4.78 is 0.581. The van der Waals surface area contributed by atoms with Crippen molar-refractivity contribution in [1.29, 1.82) is 0 Å². The van der Waals surface area contributed by atoms with Crippen molar-refractivity contribution in [3.8, 4) is 11.3 Å². The Morgan fingerprint density at radius 3 is 2.60 bits per heavy atom. The van der Waals surface area contributed by atoms with E-state index in [2.05, 4.69) is 25.9 Å². The minimum Gasteiger partial charge on any atom is -0.227 e. The third kappa shape index (κ3) is 2.36. The number of hydrogen-bond donors (Lipinski definition) is 0. The Balaban J connectivity index is 2.59. The smallest absolute Gasteiger partial charge is 0.197 e. The molecule has 0 saturated carbocycles. The minimum absolute atomic E-state index is 0.581. The largest absolute Gasteiger partial charge is 0.227 e. The molecule has 15 heavy (non-hydrogen) atoms. The van der Waals surface area contributed by atoms with E-state index >= 15 is 0 Å². The predicted octanol–water partition coefficient (Wildman–Crippen LogP) is 3.87. The lowest BCUT2D eigenvalue weighted by Gasteiger charge is -2.04. The van der Waals surface area contributed by atoms with Crippen molar-refractivity contribution in [2.75, 3.05) is 0 Å². The number of aryl methyl sites for hydroxylation is 1. The summed E-state index contributed by atoms with van der Waals surface area (Å²) in [5.41, 5.74) is 2.66. The highest BCUT2D eigenvalue weighted by molar-refractivity contribution is 9.10. The number of benzene rings is 1. The Kier molecular flexibility index (Phi) is 3.03. The first-order valence-corrected chi connectivity index (χ1v) is 5.60. The molecule has 0 atom stereocenters. The van der Waals surface area contributed by atoms with Crippen LogP contribution in [0.5, 0.6) is 0 Å². The van der Waals surface area contributed by atoms with E-state index in [-0.39, 0.29) is 0 Å². The van der Waals surface area contributed by atoms with E-state index in [1.807, 2.05) is 37.3 Å². The molecule has 76 valence electrons. The predicted molar refractivity (Wildman–Crippen MR) is 64.9 cm³/mol. The molecular formula is C11H8BrClN2. The van der Waals surface area contributed by atoms with Crippen LogP contribution in [0, 0.1) is 6.92 Å². The molecule has 0 aliphatic heterocycles. The molecular weight excluding hydrogens is 275 g/mol. The van der Waals surface area contributed by atoms with Crippen LogP contribution in [-0.2, 0) is 0 Å². The van der Waals surface area contributed by atoms with Crippen molar-refractivity contribution < 1.29 is 0 Å². The van der Waals surface area contributed by atoms with Gasteiger partial charge in [-0.15, -0.1) is 0 Å². The molecule has 0 amide bonds. The third-order valence-corrected chi connectivity index (χ3v) is 2.66. The van der Waals surface area contributed by atoms with Crippen molar-refractivity contribution in [3.05, 3.63) is 45.8 Å². The van der Waals surface area contributed by atoms with Gasteiger partial charge in [-0.2, -0.15) is 0 Å². The van der Waals surface area contributed by atoms with Crippen molar-refractivity contribution in [2.24, 2.45) is 0 Å². The van der Waals surface area contributed by atoms with E-state index in [0.29, 0.717) is 9.76 Å². The van der Waals surface area contributed by atoms with Crippen molar-refractivity contribution in [3.63, 3.8) is 0 Å². The summed E-state index contributed by atoms with van der Waals surface area (Å²) in [5.74, 6) is 0. The van der Waals surface area contributed by atoms with E-state index in [9.17, 15) is 0 Å². The van der Waals surface area contributed by atoms with Gasteiger partial charge in [0.05, 0.1) is 5.69 Å². The lowest BCUT2D eigenvalue weighted by atomic mass is 10.1. The number of hydrogen-bond acceptors (Lipinski definition) is 2. The van der Waals surface area contributed by atoms with Crippen molar-refractivity contribution in [2.45, 2.75) is 6.92 Å². The van der Waals surface area contributed by atoms with Crippen LogP contribution >= 0.6 is 27.5 Å². The second kappa shape index (κ2) is 4.29. The summed E-state index contributed by atoms with van der Waals surface area (Å²) in [6.07, 6.45) is 0. The van der Waals surface area contributed by atoms with Crippen LogP contribution in [0.3, 0.4) is 0 Å². The van der Waals surface area contributed by atoms with Crippen LogP contribution in [-0.4, -0.2) is 9.97 Å². The van der Waals surface area contributed by atoms with Gasteiger partial charge in [0.1, 0.15) is 0 Å². The number of halogens is 2. The first kappa shape index (κ1) is 10.6. The van der Waals surface area contributed by atoms with E-state index in [1.165, 1.54) is 0 Å². The van der Waals surface area contributed by atoms with Gasteiger partial charge in [-0.1, -0.05) is 29.8 Å². The van der Waals surface area contributed by atoms with Gasteiger partial charge in [0.15, 0.2) is 4.73 Å². The Labute approximate surface area is 101 Å². The highest BCUT2D eigenvalue weighted by Gasteiger charge is 2.05. The maximum atomic E-state index is 6.09. The van der Waals surface area contributed by atoms with Crippen LogP contribution in [0.1, 0.15) is 5.69 Å². The SMILES string of the molecule is Cc1cc(-c2ccccc2Cl)nc(Br)n1. The Bertz CT molecular complexity index is 479. The van der Waals surface area contributed by atoms with Crippen LogP contribution in [0.2, 0.25) is 5.02 Å². The molecule has 0 bridgehead atoms. The maximum absolute atomic E-state index is 6.09. The fourth-order valence-electron chi connectivity index (χ4n) is 1.34. The first-order chi connectivity index (χ1) is 7.16. The van der Waals surface area contributed by atoms with Gasteiger partial charge in [0.2, 0.25) is 0 Å². The van der Waals surface area contributed by atoms with Crippen LogP contribution in [0.4, 0.5) is 0 Å². The Morgan fingerprint density at radius 1 is 1.20 bits per heavy atom. The highest BCUT2D eigenvalue weighted by Crippen LogP contribution is 2.26. The summed E-state index contributed by atoms with van der Waals surface area (Å²) in [6, 6.07) is 9.53.